The fourth-order valence-corrected chi connectivity index (χ4v) is 2.92. The van der Waals surface area contributed by atoms with Crippen LogP contribution in [0.15, 0.2) is 24.3 Å². The van der Waals surface area contributed by atoms with E-state index in [-0.39, 0.29) is 0 Å². The zero-order valence-electron chi connectivity index (χ0n) is 12.3. The number of anilines is 1. The first-order valence-electron chi connectivity index (χ1n) is 7.37. The van der Waals surface area contributed by atoms with Crippen molar-refractivity contribution in [2.45, 2.75) is 44.8 Å². The molecule has 0 bridgehead atoms. The maximum Gasteiger partial charge on any atom is 0.0816 e. The Balaban J connectivity index is 2.25. The van der Waals surface area contributed by atoms with Crippen LogP contribution in [-0.2, 0) is 0 Å². The molecule has 1 aromatic rings. The molecule has 1 atom stereocenters. The third kappa shape index (κ3) is 2.93. The fraction of sp³-hybridized carbons (Fsp3) is 0.625. The van der Waals surface area contributed by atoms with E-state index in [0.29, 0.717) is 6.04 Å². The number of aliphatic hydroxyl groups is 1. The summed E-state index contributed by atoms with van der Waals surface area (Å²) in [5.41, 5.74) is 2.05. The summed E-state index contributed by atoms with van der Waals surface area (Å²) in [6.07, 6.45) is 2.70. The Morgan fingerprint density at radius 3 is 2.63 bits per heavy atom. The summed E-state index contributed by atoms with van der Waals surface area (Å²) < 4.78 is 0. The third-order valence-corrected chi connectivity index (χ3v) is 4.49. The van der Waals surface area contributed by atoms with E-state index in [2.05, 4.69) is 48.3 Å². The van der Waals surface area contributed by atoms with E-state index in [1.54, 1.807) is 0 Å². The highest BCUT2D eigenvalue weighted by molar-refractivity contribution is 5.57. The van der Waals surface area contributed by atoms with E-state index in [1.807, 2.05) is 7.05 Å². The molecule has 1 aliphatic heterocycles. The van der Waals surface area contributed by atoms with Crippen LogP contribution in [0.5, 0.6) is 0 Å². The van der Waals surface area contributed by atoms with Crippen LogP contribution >= 0.6 is 0 Å². The molecule has 3 nitrogen and oxygen atoms in total. The Kier molecular flexibility index (Phi) is 4.48. The Hall–Kier alpha value is -1.06. The van der Waals surface area contributed by atoms with Crippen LogP contribution < -0.4 is 10.2 Å². The molecule has 0 saturated heterocycles. The number of nitrogens with zero attached hydrogens (tertiary/aromatic N) is 1. The smallest absolute Gasteiger partial charge is 0.0816 e. The second-order valence-electron chi connectivity index (χ2n) is 5.54. The highest BCUT2D eigenvalue weighted by Crippen LogP contribution is 2.34. The average Bonchev–Trinajstić information content (AvgIpc) is 2.47. The molecule has 106 valence electrons. The number of para-hydroxylation sites is 1. The lowest BCUT2D eigenvalue weighted by Gasteiger charge is -2.40. The Morgan fingerprint density at radius 2 is 2.00 bits per heavy atom. The molecule has 1 heterocycles. The summed E-state index contributed by atoms with van der Waals surface area (Å²) in [5.74, 6) is 0. The molecule has 1 aliphatic rings. The minimum Gasteiger partial charge on any atom is -0.388 e. The van der Waals surface area contributed by atoms with Crippen molar-refractivity contribution in [3.8, 4) is 0 Å². The van der Waals surface area contributed by atoms with Crippen LogP contribution in [0.1, 0.15) is 44.7 Å². The van der Waals surface area contributed by atoms with E-state index < -0.39 is 5.60 Å². The van der Waals surface area contributed by atoms with Crippen LogP contribution in [0.3, 0.4) is 0 Å². The third-order valence-electron chi connectivity index (χ3n) is 4.49. The van der Waals surface area contributed by atoms with Crippen LogP contribution in [0.4, 0.5) is 5.69 Å². The molecule has 0 spiro atoms. The molecule has 0 aromatic heterocycles. The average molecular weight is 262 g/mol. The monoisotopic (exact) mass is 262 g/mol. The summed E-state index contributed by atoms with van der Waals surface area (Å²) in [7, 11) is 2.02. The predicted molar refractivity (Wildman–Crippen MR) is 80.6 cm³/mol. The van der Waals surface area contributed by atoms with Crippen molar-refractivity contribution >= 4 is 5.69 Å². The van der Waals surface area contributed by atoms with Gasteiger partial charge in [0.25, 0.3) is 0 Å². The first-order chi connectivity index (χ1) is 9.13. The number of β-amino-alcohol motifs (C(OH)–C–C–N with tert-alkyl or cyclic N) is 1. The van der Waals surface area contributed by atoms with Gasteiger partial charge in [-0.2, -0.15) is 0 Å². The summed E-state index contributed by atoms with van der Waals surface area (Å²) in [6.45, 7) is 5.86. The number of hydrogen-bond donors (Lipinski definition) is 2. The van der Waals surface area contributed by atoms with Gasteiger partial charge in [-0.05, 0) is 37.9 Å². The molecular formula is C16H26N2O. The van der Waals surface area contributed by atoms with Crippen LogP contribution in [0.25, 0.3) is 0 Å². The fourth-order valence-electron chi connectivity index (χ4n) is 2.92. The summed E-state index contributed by atoms with van der Waals surface area (Å²) in [5, 5.41) is 14.0. The second-order valence-corrected chi connectivity index (χ2v) is 5.54. The minimum atomic E-state index is -0.570. The molecule has 0 radical (unpaired) electrons. The lowest BCUT2D eigenvalue weighted by atomic mass is 9.92. The van der Waals surface area contributed by atoms with Gasteiger partial charge in [0.1, 0.15) is 0 Å². The normalized spacial score (nSPS) is 19.4. The minimum absolute atomic E-state index is 0.434. The van der Waals surface area contributed by atoms with Crippen LogP contribution in [0, 0.1) is 0 Å². The summed E-state index contributed by atoms with van der Waals surface area (Å²) in [4.78, 5) is 2.34. The maximum absolute atomic E-state index is 10.6. The lowest BCUT2D eigenvalue weighted by molar-refractivity contribution is 0.0388. The van der Waals surface area contributed by atoms with Crippen molar-refractivity contribution in [2.75, 3.05) is 25.0 Å². The zero-order valence-corrected chi connectivity index (χ0v) is 12.3. The van der Waals surface area contributed by atoms with Gasteiger partial charge in [-0.25, -0.2) is 0 Å². The molecular weight excluding hydrogens is 236 g/mol. The van der Waals surface area contributed by atoms with Gasteiger partial charge >= 0.3 is 0 Å². The number of nitrogens with one attached hydrogen (secondary N) is 1. The first kappa shape index (κ1) is 14.4. The quantitative estimate of drug-likeness (QED) is 0.856. The van der Waals surface area contributed by atoms with Gasteiger partial charge in [-0.1, -0.05) is 32.0 Å². The van der Waals surface area contributed by atoms with Crippen molar-refractivity contribution < 1.29 is 5.11 Å². The molecule has 0 fully saturated rings. The van der Waals surface area contributed by atoms with Gasteiger partial charge in [0.05, 0.1) is 5.60 Å². The SMILES string of the molecule is CCC(O)(CC)CN1CCC(NC)c2ccccc21. The van der Waals surface area contributed by atoms with E-state index in [4.69, 9.17) is 0 Å². The van der Waals surface area contributed by atoms with E-state index in [1.165, 1.54) is 11.3 Å². The van der Waals surface area contributed by atoms with Gasteiger partial charge < -0.3 is 15.3 Å². The summed E-state index contributed by atoms with van der Waals surface area (Å²) in [6, 6.07) is 8.98. The van der Waals surface area contributed by atoms with Crippen molar-refractivity contribution in [3.63, 3.8) is 0 Å². The van der Waals surface area contributed by atoms with E-state index in [9.17, 15) is 5.11 Å². The second kappa shape index (κ2) is 5.93. The highest BCUT2D eigenvalue weighted by atomic mass is 16.3. The molecule has 0 saturated carbocycles. The molecule has 0 amide bonds. The molecule has 1 aromatic carbocycles. The predicted octanol–water partition coefficient (Wildman–Crippen LogP) is 2.71. The molecule has 2 rings (SSSR count). The maximum atomic E-state index is 10.6. The standard InChI is InChI=1S/C16H26N2O/c1-4-16(19,5-2)12-18-11-10-14(17-3)13-8-6-7-9-15(13)18/h6-9,14,17,19H,4-5,10-12H2,1-3H3. The zero-order chi connectivity index (χ0) is 13.9. The number of hydrogen-bond acceptors (Lipinski definition) is 3. The largest absolute Gasteiger partial charge is 0.388 e. The number of benzene rings is 1. The highest BCUT2D eigenvalue weighted by Gasteiger charge is 2.30. The van der Waals surface area contributed by atoms with Gasteiger partial charge in [-0.3, -0.25) is 0 Å². The van der Waals surface area contributed by atoms with E-state index >= 15 is 0 Å². The first-order valence-corrected chi connectivity index (χ1v) is 7.37. The molecule has 3 heteroatoms. The van der Waals surface area contributed by atoms with Gasteiger partial charge in [-0.15, -0.1) is 0 Å². The Labute approximate surface area is 116 Å². The topological polar surface area (TPSA) is 35.5 Å². The van der Waals surface area contributed by atoms with Crippen LogP contribution in [0.2, 0.25) is 0 Å². The Bertz CT molecular complexity index is 415. The van der Waals surface area contributed by atoms with Crippen molar-refractivity contribution in [1.82, 2.24) is 5.32 Å². The van der Waals surface area contributed by atoms with Crippen LogP contribution in [-0.4, -0.2) is 30.8 Å². The van der Waals surface area contributed by atoms with Crippen molar-refractivity contribution in [1.29, 1.82) is 0 Å². The number of fused-ring (bicyclic) bond motifs is 1. The lowest BCUT2D eigenvalue weighted by Crippen LogP contribution is -2.45. The van der Waals surface area contributed by atoms with Crippen molar-refractivity contribution in [2.24, 2.45) is 0 Å². The van der Waals surface area contributed by atoms with E-state index in [0.717, 1.165) is 32.4 Å². The molecule has 19 heavy (non-hydrogen) atoms. The Morgan fingerprint density at radius 1 is 1.32 bits per heavy atom. The molecule has 1 unspecified atom stereocenters. The van der Waals surface area contributed by atoms with Gasteiger partial charge in [0.15, 0.2) is 0 Å². The van der Waals surface area contributed by atoms with Crippen molar-refractivity contribution in [3.05, 3.63) is 29.8 Å². The molecule has 2 N–H and O–H groups in total. The molecule has 0 aliphatic carbocycles. The van der Waals surface area contributed by atoms with Gasteiger partial charge in [0, 0.05) is 24.8 Å². The summed E-state index contributed by atoms with van der Waals surface area (Å²) >= 11 is 0. The number of rotatable bonds is 5. The van der Waals surface area contributed by atoms with Gasteiger partial charge in [0.2, 0.25) is 0 Å².